The number of nitrogens with zero attached hydrogens (tertiary/aromatic N) is 4. The van der Waals surface area contributed by atoms with Crippen LogP contribution in [0.1, 0.15) is 37.7 Å². The molecule has 1 aliphatic heterocycles. The summed E-state index contributed by atoms with van der Waals surface area (Å²) in [6, 6.07) is 7.67. The molecule has 4 heterocycles. The van der Waals surface area contributed by atoms with Crippen molar-refractivity contribution in [1.29, 1.82) is 0 Å². The van der Waals surface area contributed by atoms with Crippen LogP contribution in [0.25, 0.3) is 27.9 Å². The average molecular weight is 419 g/mol. The summed E-state index contributed by atoms with van der Waals surface area (Å²) in [6.45, 7) is 6.44. The Morgan fingerprint density at radius 3 is 2.90 bits per heavy atom. The number of hydrogen-bond acceptors (Lipinski definition) is 5. The first kappa shape index (κ1) is 19.6. The summed E-state index contributed by atoms with van der Waals surface area (Å²) < 4.78 is 7.74. The lowest BCUT2D eigenvalue weighted by molar-refractivity contribution is -0.130. The van der Waals surface area contributed by atoms with E-state index in [2.05, 4.69) is 20.4 Å². The normalized spacial score (nSPS) is 18.9. The van der Waals surface area contributed by atoms with Gasteiger partial charge in [0.25, 0.3) is 0 Å². The number of ether oxygens (including phenoxy) is 1. The molecule has 5 rings (SSSR count). The number of rotatable bonds is 4. The van der Waals surface area contributed by atoms with E-state index in [4.69, 9.17) is 9.72 Å². The topological polar surface area (TPSA) is 95.8 Å². The number of carbonyl (C=O) groups excluding carboxylic acids is 1. The Morgan fingerprint density at radius 2 is 2.16 bits per heavy atom. The van der Waals surface area contributed by atoms with Crippen LogP contribution in [0.2, 0.25) is 0 Å². The maximum absolute atomic E-state index is 12.3. The predicted molar refractivity (Wildman–Crippen MR) is 117 cm³/mol. The van der Waals surface area contributed by atoms with Crippen molar-refractivity contribution in [2.24, 2.45) is 0 Å². The van der Waals surface area contributed by atoms with Gasteiger partial charge in [0.1, 0.15) is 11.6 Å². The average Bonchev–Trinajstić information content (AvgIpc) is 3.45. The summed E-state index contributed by atoms with van der Waals surface area (Å²) >= 11 is 0. The molecule has 1 aromatic carbocycles. The zero-order valence-electron chi connectivity index (χ0n) is 17.8. The summed E-state index contributed by atoms with van der Waals surface area (Å²) in [7, 11) is 0. The van der Waals surface area contributed by atoms with E-state index in [0.29, 0.717) is 19.6 Å². The second-order valence-electron chi connectivity index (χ2n) is 8.00. The van der Waals surface area contributed by atoms with Gasteiger partial charge in [-0.2, -0.15) is 0 Å². The van der Waals surface area contributed by atoms with E-state index >= 15 is 0 Å². The number of amides is 1. The van der Waals surface area contributed by atoms with Crippen molar-refractivity contribution in [2.45, 2.75) is 39.3 Å². The molecule has 0 spiro atoms. The lowest BCUT2D eigenvalue weighted by atomic mass is 10.1. The Bertz CT molecular complexity index is 1290. The number of H-pyrrole nitrogens is 1. The number of nitrogens with one attached hydrogen (secondary N) is 1. The Labute approximate surface area is 179 Å². The van der Waals surface area contributed by atoms with Gasteiger partial charge in [0.05, 0.1) is 41.7 Å². The number of aryl methyl sites for hydroxylation is 1. The fraction of sp³-hybridized carbons (Fsp3) is 0.348. The van der Waals surface area contributed by atoms with Gasteiger partial charge in [-0.25, -0.2) is 9.97 Å². The zero-order chi connectivity index (χ0) is 21.7. The Balaban J connectivity index is 1.74. The fourth-order valence-corrected chi connectivity index (χ4v) is 4.54. The van der Waals surface area contributed by atoms with Crippen molar-refractivity contribution >= 4 is 22.6 Å². The third-order valence-electron chi connectivity index (χ3n) is 5.93. The van der Waals surface area contributed by atoms with Crippen molar-refractivity contribution in [2.75, 3.05) is 13.2 Å². The molecule has 1 fully saturated rings. The number of benzene rings is 1. The first-order valence-electron chi connectivity index (χ1n) is 10.5. The maximum atomic E-state index is 12.3. The van der Waals surface area contributed by atoms with Gasteiger partial charge in [0.15, 0.2) is 5.65 Å². The number of carbonyl (C=O) groups is 1. The second-order valence-corrected chi connectivity index (χ2v) is 8.00. The highest BCUT2D eigenvalue weighted by molar-refractivity contribution is 5.85. The van der Waals surface area contributed by atoms with E-state index in [-0.39, 0.29) is 11.9 Å². The fourth-order valence-electron chi connectivity index (χ4n) is 4.54. The van der Waals surface area contributed by atoms with Gasteiger partial charge in [-0.15, -0.1) is 0 Å². The van der Waals surface area contributed by atoms with Gasteiger partial charge in [0, 0.05) is 31.6 Å². The highest BCUT2D eigenvalue weighted by Gasteiger charge is 2.37. The molecular formula is C23H25N5O3. The number of aromatic nitrogens is 4. The van der Waals surface area contributed by atoms with E-state index < -0.39 is 6.10 Å². The van der Waals surface area contributed by atoms with Gasteiger partial charge in [-0.3, -0.25) is 9.20 Å². The van der Waals surface area contributed by atoms with Crippen LogP contribution in [0, 0.1) is 6.92 Å². The van der Waals surface area contributed by atoms with Crippen LogP contribution >= 0.6 is 0 Å². The molecule has 1 saturated heterocycles. The van der Waals surface area contributed by atoms with Crippen LogP contribution in [0.3, 0.4) is 0 Å². The molecular weight excluding hydrogens is 394 g/mol. The molecule has 8 heteroatoms. The highest BCUT2D eigenvalue weighted by atomic mass is 16.5. The van der Waals surface area contributed by atoms with Gasteiger partial charge in [0.2, 0.25) is 5.91 Å². The van der Waals surface area contributed by atoms with Gasteiger partial charge >= 0.3 is 0 Å². The number of aliphatic hydroxyl groups excluding tert-OH is 1. The first-order valence-corrected chi connectivity index (χ1v) is 10.5. The highest BCUT2D eigenvalue weighted by Crippen LogP contribution is 2.37. The molecule has 0 bridgehead atoms. The summed E-state index contributed by atoms with van der Waals surface area (Å²) in [5.41, 5.74) is 5.26. The molecule has 0 unspecified atom stereocenters. The largest absolute Gasteiger partial charge is 0.494 e. The van der Waals surface area contributed by atoms with Crippen molar-refractivity contribution in [3.63, 3.8) is 0 Å². The SMILES string of the molecule is CCOc1ccc(-c2nc([C@H]3C[C@@H](O)CN3C(C)=O)n3c2cnc2[nH]ccc23)cc1C. The molecule has 31 heavy (non-hydrogen) atoms. The maximum Gasteiger partial charge on any atom is 0.220 e. The Morgan fingerprint density at radius 1 is 1.32 bits per heavy atom. The van der Waals surface area contributed by atoms with Crippen LogP contribution in [0.15, 0.2) is 36.7 Å². The molecule has 1 aliphatic rings. The number of aliphatic hydroxyl groups is 1. The van der Waals surface area contributed by atoms with Crippen molar-refractivity contribution in [3.8, 4) is 17.0 Å². The first-order chi connectivity index (χ1) is 15.0. The van der Waals surface area contributed by atoms with E-state index in [0.717, 1.165) is 45.1 Å². The van der Waals surface area contributed by atoms with Crippen molar-refractivity contribution < 1.29 is 14.6 Å². The summed E-state index contributed by atoms with van der Waals surface area (Å²) in [5.74, 6) is 1.51. The minimum atomic E-state index is -0.569. The molecule has 0 radical (unpaired) electrons. The summed E-state index contributed by atoms with van der Waals surface area (Å²) in [4.78, 5) is 26.7. The smallest absolute Gasteiger partial charge is 0.220 e. The van der Waals surface area contributed by atoms with Crippen LogP contribution in [0.5, 0.6) is 5.75 Å². The minimum Gasteiger partial charge on any atom is -0.494 e. The van der Waals surface area contributed by atoms with E-state index in [9.17, 15) is 9.90 Å². The van der Waals surface area contributed by atoms with Gasteiger partial charge < -0.3 is 19.7 Å². The van der Waals surface area contributed by atoms with E-state index in [1.807, 2.05) is 38.2 Å². The lowest BCUT2D eigenvalue weighted by Gasteiger charge is -2.22. The monoisotopic (exact) mass is 419 g/mol. The van der Waals surface area contributed by atoms with Crippen LogP contribution < -0.4 is 4.74 Å². The third kappa shape index (κ3) is 3.14. The molecule has 0 aliphatic carbocycles. The molecule has 160 valence electrons. The van der Waals surface area contributed by atoms with Crippen LogP contribution in [-0.2, 0) is 4.79 Å². The third-order valence-corrected chi connectivity index (χ3v) is 5.93. The molecule has 1 amide bonds. The predicted octanol–water partition coefficient (Wildman–Crippen LogP) is 3.24. The standard InChI is InChI=1S/C23H25N5O3/c1-4-31-20-6-5-15(9-13(20)2)21-19-11-25-22-17(7-8-24-22)28(19)23(26-21)18-10-16(30)12-27(18)14(3)29/h5-9,11,16,18,24,30H,4,10,12H2,1-3H3/t16-,18-/m1/s1. The minimum absolute atomic E-state index is 0.0730. The van der Waals surface area contributed by atoms with E-state index in [1.165, 1.54) is 6.92 Å². The molecule has 0 saturated carbocycles. The second kappa shape index (κ2) is 7.39. The summed E-state index contributed by atoms with van der Waals surface area (Å²) in [6.07, 6.45) is 3.53. The molecule has 8 nitrogen and oxygen atoms in total. The zero-order valence-corrected chi connectivity index (χ0v) is 17.8. The number of imidazole rings is 1. The number of hydrogen-bond donors (Lipinski definition) is 2. The molecule has 2 N–H and O–H groups in total. The van der Waals surface area contributed by atoms with Crippen molar-refractivity contribution in [3.05, 3.63) is 48.0 Å². The number of fused-ring (bicyclic) bond motifs is 3. The van der Waals surface area contributed by atoms with Gasteiger partial charge in [-0.1, -0.05) is 0 Å². The number of aromatic amines is 1. The summed E-state index contributed by atoms with van der Waals surface area (Å²) in [5, 5.41) is 10.3. The van der Waals surface area contributed by atoms with Crippen molar-refractivity contribution in [1.82, 2.24) is 24.3 Å². The Kier molecular flexibility index (Phi) is 4.66. The Hall–Kier alpha value is -3.39. The molecule has 3 aromatic heterocycles. The lowest BCUT2D eigenvalue weighted by Crippen LogP contribution is -2.30. The molecule has 4 aromatic rings. The van der Waals surface area contributed by atoms with E-state index in [1.54, 1.807) is 11.1 Å². The number of likely N-dealkylation sites (tertiary alicyclic amines) is 1. The van der Waals surface area contributed by atoms with Gasteiger partial charge in [-0.05, 0) is 43.7 Å². The molecule has 2 atom stereocenters. The van der Waals surface area contributed by atoms with Crippen LogP contribution in [0.4, 0.5) is 0 Å². The van der Waals surface area contributed by atoms with Crippen LogP contribution in [-0.4, -0.2) is 54.5 Å². The quantitative estimate of drug-likeness (QED) is 0.529. The number of β-amino-alcohol motifs (C(OH)–C–C–N with tert-alkyl or cyclic N) is 1.